The molecule has 0 aliphatic carbocycles. The van der Waals surface area contributed by atoms with Gasteiger partial charge in [-0.25, -0.2) is 4.98 Å². The quantitative estimate of drug-likeness (QED) is 0.816. The van der Waals surface area contributed by atoms with Crippen LogP contribution in [0.25, 0.3) is 5.57 Å². The van der Waals surface area contributed by atoms with Crippen LogP contribution in [0, 0.1) is 6.92 Å². The van der Waals surface area contributed by atoms with Crippen LogP contribution in [0.15, 0.2) is 18.0 Å². The van der Waals surface area contributed by atoms with Gasteiger partial charge in [0.1, 0.15) is 0 Å². The highest BCUT2D eigenvalue weighted by Gasteiger charge is 2.17. The van der Waals surface area contributed by atoms with E-state index < -0.39 is 0 Å². The Morgan fingerprint density at radius 2 is 2.39 bits per heavy atom. The van der Waals surface area contributed by atoms with Gasteiger partial charge in [0, 0.05) is 30.6 Å². The number of carbonyl (C=O) groups excluding carboxylic acids is 1. The zero-order valence-electron chi connectivity index (χ0n) is 10.0. The van der Waals surface area contributed by atoms with Crippen LogP contribution in [0.3, 0.4) is 0 Å². The third kappa shape index (κ3) is 2.83. The number of nitrogens with zero attached hydrogens (tertiary/aromatic N) is 2. The minimum absolute atomic E-state index is 0.133. The molecule has 3 N–H and O–H groups in total. The summed E-state index contributed by atoms with van der Waals surface area (Å²) in [6, 6.07) is 0. The van der Waals surface area contributed by atoms with Crippen molar-refractivity contribution >= 4 is 39.7 Å². The molecule has 18 heavy (non-hydrogen) atoms. The molecule has 0 saturated heterocycles. The summed E-state index contributed by atoms with van der Waals surface area (Å²) in [5.41, 5.74) is 8.21. The molecule has 1 amide bonds. The summed E-state index contributed by atoms with van der Waals surface area (Å²) in [6.07, 6.45) is 3.53. The van der Waals surface area contributed by atoms with Gasteiger partial charge >= 0.3 is 0 Å². The summed E-state index contributed by atoms with van der Waals surface area (Å²) in [7, 11) is 0. The zero-order chi connectivity index (χ0) is 13.3. The number of carbonyl (C=O) groups is 1. The number of halogens is 1. The molecule has 1 aromatic rings. The lowest BCUT2D eigenvalue weighted by atomic mass is 10.1. The van der Waals surface area contributed by atoms with Crippen molar-refractivity contribution in [3.8, 4) is 0 Å². The normalized spacial score (nSPS) is 15.2. The average molecular weight is 285 g/mol. The third-order valence-corrected chi connectivity index (χ3v) is 3.69. The number of aryl methyl sites for hydroxylation is 1. The first kappa shape index (κ1) is 12.9. The molecule has 2 rings (SSSR count). The Bertz CT molecular complexity index is 549. The lowest BCUT2D eigenvalue weighted by Crippen LogP contribution is -2.15. The number of thiazole rings is 1. The topological polar surface area (TPSA) is 71.2 Å². The first-order chi connectivity index (χ1) is 8.45. The SMILES string of the molecule is CC(=O)Nc1nc(C)c(C2=CC(N)=CN(Cl)C2)s1. The van der Waals surface area contributed by atoms with E-state index in [2.05, 4.69) is 10.3 Å². The first-order valence-electron chi connectivity index (χ1n) is 5.31. The summed E-state index contributed by atoms with van der Waals surface area (Å²) in [5, 5.41) is 3.26. The molecule has 1 aliphatic rings. The van der Waals surface area contributed by atoms with Crippen LogP contribution in [-0.2, 0) is 4.79 Å². The Kier molecular flexibility index (Phi) is 3.58. The predicted octanol–water partition coefficient (Wildman–Crippen LogP) is 2.06. The molecule has 5 nitrogen and oxygen atoms in total. The first-order valence-corrected chi connectivity index (χ1v) is 6.47. The van der Waals surface area contributed by atoms with E-state index >= 15 is 0 Å². The molecule has 7 heteroatoms. The molecule has 0 radical (unpaired) electrons. The third-order valence-electron chi connectivity index (χ3n) is 2.32. The van der Waals surface area contributed by atoms with Gasteiger partial charge < -0.3 is 11.1 Å². The molecular formula is C11H13ClN4OS. The van der Waals surface area contributed by atoms with Crippen LogP contribution >= 0.6 is 23.1 Å². The lowest BCUT2D eigenvalue weighted by molar-refractivity contribution is -0.114. The molecule has 0 bridgehead atoms. The fraction of sp³-hybridized carbons (Fsp3) is 0.273. The van der Waals surface area contributed by atoms with Crippen molar-refractivity contribution in [1.29, 1.82) is 0 Å². The van der Waals surface area contributed by atoms with Crippen molar-refractivity contribution in [2.24, 2.45) is 5.73 Å². The second kappa shape index (κ2) is 4.99. The summed E-state index contributed by atoms with van der Waals surface area (Å²) in [5.74, 6) is -0.133. The molecule has 0 spiro atoms. The fourth-order valence-electron chi connectivity index (χ4n) is 1.69. The minimum atomic E-state index is -0.133. The van der Waals surface area contributed by atoms with Crippen molar-refractivity contribution in [1.82, 2.24) is 9.40 Å². The Morgan fingerprint density at radius 3 is 3.00 bits per heavy atom. The summed E-state index contributed by atoms with van der Waals surface area (Å²) in [6.45, 7) is 3.91. The number of aromatic nitrogens is 1. The Labute approximate surface area is 114 Å². The molecule has 0 saturated carbocycles. The number of amides is 1. The van der Waals surface area contributed by atoms with Gasteiger partial charge in [0.05, 0.1) is 17.1 Å². The molecule has 0 fully saturated rings. The molecule has 1 aliphatic heterocycles. The van der Waals surface area contributed by atoms with Crippen molar-refractivity contribution < 1.29 is 4.79 Å². The number of nitrogens with one attached hydrogen (secondary N) is 1. The van der Waals surface area contributed by atoms with Crippen molar-refractivity contribution in [3.05, 3.63) is 28.5 Å². The Balaban J connectivity index is 2.31. The van der Waals surface area contributed by atoms with Crippen LogP contribution in [0.5, 0.6) is 0 Å². The summed E-state index contributed by atoms with van der Waals surface area (Å²) >= 11 is 7.37. The van der Waals surface area contributed by atoms with Gasteiger partial charge in [0.25, 0.3) is 0 Å². The maximum Gasteiger partial charge on any atom is 0.223 e. The van der Waals surface area contributed by atoms with Gasteiger partial charge in [0.15, 0.2) is 5.13 Å². The van der Waals surface area contributed by atoms with Crippen LogP contribution in [-0.4, -0.2) is 21.9 Å². The second-order valence-corrected chi connectivity index (χ2v) is 5.40. The number of hydrogen-bond donors (Lipinski definition) is 2. The van der Waals surface area contributed by atoms with Crippen LogP contribution in [0.2, 0.25) is 0 Å². The van der Waals surface area contributed by atoms with E-state index in [0.29, 0.717) is 17.4 Å². The number of allylic oxidation sites excluding steroid dienone is 1. The van der Waals surface area contributed by atoms with Crippen molar-refractivity contribution in [2.45, 2.75) is 13.8 Å². The van der Waals surface area contributed by atoms with E-state index in [1.54, 1.807) is 6.20 Å². The summed E-state index contributed by atoms with van der Waals surface area (Å²) in [4.78, 5) is 16.3. The van der Waals surface area contributed by atoms with Gasteiger partial charge in [-0.3, -0.25) is 9.21 Å². The zero-order valence-corrected chi connectivity index (χ0v) is 11.6. The number of nitrogens with two attached hydrogens (primary N) is 1. The molecule has 0 unspecified atom stereocenters. The Morgan fingerprint density at radius 1 is 1.67 bits per heavy atom. The van der Waals surface area contributed by atoms with E-state index in [9.17, 15) is 4.79 Å². The predicted molar refractivity (Wildman–Crippen MR) is 74.0 cm³/mol. The summed E-state index contributed by atoms with van der Waals surface area (Å²) < 4.78 is 1.50. The van der Waals surface area contributed by atoms with E-state index in [0.717, 1.165) is 16.1 Å². The van der Waals surface area contributed by atoms with Crippen molar-refractivity contribution in [2.75, 3.05) is 11.9 Å². The fourth-order valence-corrected chi connectivity index (χ4v) is 2.95. The monoisotopic (exact) mass is 284 g/mol. The van der Waals surface area contributed by atoms with Crippen molar-refractivity contribution in [3.63, 3.8) is 0 Å². The molecule has 0 atom stereocenters. The van der Waals surface area contributed by atoms with Crippen LogP contribution in [0.4, 0.5) is 5.13 Å². The van der Waals surface area contributed by atoms with Crippen LogP contribution < -0.4 is 11.1 Å². The molecular weight excluding hydrogens is 272 g/mol. The molecule has 96 valence electrons. The largest absolute Gasteiger partial charge is 0.398 e. The van der Waals surface area contributed by atoms with Gasteiger partial charge in [-0.15, -0.1) is 0 Å². The number of rotatable bonds is 2. The molecule has 0 aromatic carbocycles. The van der Waals surface area contributed by atoms with Crippen LogP contribution in [0.1, 0.15) is 17.5 Å². The molecule has 1 aromatic heterocycles. The minimum Gasteiger partial charge on any atom is -0.398 e. The Hall–Kier alpha value is -1.53. The maximum absolute atomic E-state index is 11.0. The number of anilines is 1. The maximum atomic E-state index is 11.0. The van der Waals surface area contributed by atoms with E-state index in [1.165, 1.54) is 22.7 Å². The average Bonchev–Trinajstić information content (AvgIpc) is 2.56. The van der Waals surface area contributed by atoms with E-state index in [-0.39, 0.29) is 5.91 Å². The highest BCUT2D eigenvalue weighted by molar-refractivity contribution is 7.17. The number of hydrogen-bond acceptors (Lipinski definition) is 5. The standard InChI is InChI=1S/C11H13ClN4OS/c1-6-10(18-11(14-6)15-7(2)17)8-3-9(13)5-16(12)4-8/h3,5H,4,13H2,1-2H3,(H,14,15,17). The van der Waals surface area contributed by atoms with Gasteiger partial charge in [-0.05, 0) is 18.6 Å². The highest BCUT2D eigenvalue weighted by Crippen LogP contribution is 2.32. The lowest BCUT2D eigenvalue weighted by Gasteiger charge is -2.18. The highest BCUT2D eigenvalue weighted by atomic mass is 35.5. The smallest absolute Gasteiger partial charge is 0.223 e. The van der Waals surface area contributed by atoms with E-state index in [4.69, 9.17) is 17.5 Å². The van der Waals surface area contributed by atoms with Gasteiger partial charge in [-0.1, -0.05) is 11.3 Å². The second-order valence-electron chi connectivity index (χ2n) is 3.97. The van der Waals surface area contributed by atoms with Gasteiger partial charge in [0.2, 0.25) is 5.91 Å². The molecule has 2 heterocycles. The van der Waals surface area contributed by atoms with Gasteiger partial charge in [-0.2, -0.15) is 0 Å². The van der Waals surface area contributed by atoms with E-state index in [1.807, 2.05) is 13.0 Å².